The van der Waals surface area contributed by atoms with Crippen LogP contribution in [0.5, 0.6) is 0 Å². The van der Waals surface area contributed by atoms with Crippen molar-refractivity contribution in [2.45, 2.75) is 23.6 Å². The molecule has 11 heteroatoms. The molecule has 5 nitrogen and oxygen atoms in total. The Labute approximate surface area is 190 Å². The summed E-state index contributed by atoms with van der Waals surface area (Å²) in [5, 5.41) is 7.34. The van der Waals surface area contributed by atoms with Crippen LogP contribution in [0.4, 0.5) is 23.7 Å². The summed E-state index contributed by atoms with van der Waals surface area (Å²) in [6.07, 6.45) is -5.59. The third kappa shape index (κ3) is 6.32. The van der Waals surface area contributed by atoms with Crippen LogP contribution in [0, 0.1) is 0 Å². The summed E-state index contributed by atoms with van der Waals surface area (Å²) in [5.41, 5.74) is -0.0291. The fourth-order valence-electron chi connectivity index (χ4n) is 2.65. The number of carbonyl (C=O) groups is 1. The lowest BCUT2D eigenvalue weighted by molar-refractivity contribution is -0.142. The predicted molar refractivity (Wildman–Crippen MR) is 114 cm³/mol. The lowest BCUT2D eigenvalue weighted by Crippen LogP contribution is -2.16. The highest BCUT2D eigenvalue weighted by Gasteiger charge is 2.39. The first-order valence-corrected chi connectivity index (χ1v) is 10.6. The number of alkyl halides is 3. The zero-order valence-electron chi connectivity index (χ0n) is 16.0. The number of carbonyl (C=O) groups excluding carboxylic acids is 1. The number of benzene rings is 2. The molecule has 1 aromatic heterocycles. The molecule has 31 heavy (non-hydrogen) atoms. The summed E-state index contributed by atoms with van der Waals surface area (Å²) in [4.78, 5) is 12.1. The van der Waals surface area contributed by atoms with E-state index in [1.807, 2.05) is 0 Å². The van der Waals surface area contributed by atoms with Crippen LogP contribution in [-0.4, -0.2) is 15.9 Å². The van der Waals surface area contributed by atoms with Crippen LogP contribution in [0.2, 0.25) is 10.0 Å². The lowest BCUT2D eigenvalue weighted by Gasteiger charge is -2.11. The number of amides is 1. The first-order valence-electron chi connectivity index (χ1n) is 8.83. The Morgan fingerprint density at radius 1 is 1.10 bits per heavy atom. The highest BCUT2D eigenvalue weighted by Crippen LogP contribution is 2.37. The minimum atomic E-state index is -4.69. The van der Waals surface area contributed by atoms with E-state index >= 15 is 0 Å². The molecule has 2 aromatic carbocycles. The van der Waals surface area contributed by atoms with Crippen molar-refractivity contribution in [3.63, 3.8) is 0 Å². The van der Waals surface area contributed by atoms with Crippen LogP contribution in [0.15, 0.2) is 53.6 Å². The molecule has 164 valence electrons. The van der Waals surface area contributed by atoms with Crippen molar-refractivity contribution < 1.29 is 22.7 Å². The van der Waals surface area contributed by atoms with Crippen molar-refractivity contribution in [3.8, 4) is 0 Å². The highest BCUT2D eigenvalue weighted by molar-refractivity contribution is 7.98. The second-order valence-electron chi connectivity index (χ2n) is 6.38. The summed E-state index contributed by atoms with van der Waals surface area (Å²) in [7, 11) is 1.41. The number of aryl methyl sites for hydroxylation is 1. The van der Waals surface area contributed by atoms with Gasteiger partial charge in [0, 0.05) is 28.5 Å². The second-order valence-corrected chi connectivity index (χ2v) is 8.21. The van der Waals surface area contributed by atoms with Gasteiger partial charge in [-0.05, 0) is 42.0 Å². The van der Waals surface area contributed by atoms with E-state index in [4.69, 9.17) is 27.9 Å². The van der Waals surface area contributed by atoms with Crippen LogP contribution in [0.1, 0.15) is 16.8 Å². The fraction of sp³-hybridized carbons (Fsp3) is 0.200. The van der Waals surface area contributed by atoms with Gasteiger partial charge in [0.25, 0.3) is 0 Å². The van der Waals surface area contributed by atoms with Crippen molar-refractivity contribution >= 4 is 46.7 Å². The molecule has 0 aliphatic heterocycles. The summed E-state index contributed by atoms with van der Waals surface area (Å²) in [5.74, 6) is 0.387. The molecule has 1 amide bonds. The minimum Gasteiger partial charge on any atom is -0.444 e. The number of rotatable bonds is 6. The minimum absolute atomic E-state index is 0.208. The third-order valence-electron chi connectivity index (χ3n) is 4.08. The maximum Gasteiger partial charge on any atom is 0.435 e. The van der Waals surface area contributed by atoms with Crippen LogP contribution in [0.3, 0.4) is 0 Å². The lowest BCUT2D eigenvalue weighted by atomic mass is 10.2. The van der Waals surface area contributed by atoms with Gasteiger partial charge in [0.1, 0.15) is 11.6 Å². The number of anilines is 1. The maximum absolute atomic E-state index is 13.5. The summed E-state index contributed by atoms with van der Waals surface area (Å²) in [6, 6.07) is 13.2. The predicted octanol–water partition coefficient (Wildman–Crippen LogP) is 6.79. The van der Waals surface area contributed by atoms with E-state index in [-0.39, 0.29) is 10.6 Å². The number of hydrogen-bond acceptors (Lipinski definition) is 4. The largest absolute Gasteiger partial charge is 0.444 e. The average Bonchev–Trinajstić information content (AvgIpc) is 3.03. The quantitative estimate of drug-likeness (QED) is 0.387. The first kappa shape index (κ1) is 23.3. The highest BCUT2D eigenvalue weighted by atomic mass is 35.5. The molecule has 0 aliphatic carbocycles. The van der Waals surface area contributed by atoms with Crippen LogP contribution >= 0.6 is 35.0 Å². The average molecular weight is 490 g/mol. The molecule has 3 aromatic rings. The first-order chi connectivity index (χ1) is 14.6. The molecule has 0 unspecified atom stereocenters. The Morgan fingerprint density at radius 2 is 1.68 bits per heavy atom. The molecule has 1 N–H and O–H groups in total. The van der Waals surface area contributed by atoms with Crippen molar-refractivity contribution in [2.24, 2.45) is 7.05 Å². The van der Waals surface area contributed by atoms with Crippen molar-refractivity contribution in [1.29, 1.82) is 0 Å². The van der Waals surface area contributed by atoms with E-state index in [0.29, 0.717) is 21.5 Å². The molecule has 0 spiro atoms. The monoisotopic (exact) mass is 489 g/mol. The SMILES string of the molecule is Cn1nc(C(F)(F)F)c(COC(=O)Nc2ccc(Cl)cc2)c1SCc1ccc(Cl)cc1. The van der Waals surface area contributed by atoms with Gasteiger partial charge in [0.2, 0.25) is 0 Å². The Kier molecular flexibility index (Phi) is 7.40. The maximum atomic E-state index is 13.5. The van der Waals surface area contributed by atoms with Crippen molar-refractivity contribution in [1.82, 2.24) is 9.78 Å². The molecule has 0 saturated carbocycles. The van der Waals surface area contributed by atoms with E-state index in [9.17, 15) is 18.0 Å². The molecule has 0 radical (unpaired) electrons. The van der Waals surface area contributed by atoms with Gasteiger partial charge < -0.3 is 4.74 Å². The van der Waals surface area contributed by atoms with Gasteiger partial charge >= 0.3 is 12.3 Å². The van der Waals surface area contributed by atoms with Gasteiger partial charge in [-0.25, -0.2) is 4.79 Å². The number of nitrogens with one attached hydrogen (secondary N) is 1. The van der Waals surface area contributed by atoms with Gasteiger partial charge in [0.15, 0.2) is 5.69 Å². The molecule has 0 aliphatic rings. The number of thioether (sulfide) groups is 1. The van der Waals surface area contributed by atoms with Gasteiger partial charge in [0.05, 0.1) is 5.56 Å². The van der Waals surface area contributed by atoms with Crippen molar-refractivity contribution in [2.75, 3.05) is 5.32 Å². The number of nitrogens with zero attached hydrogens (tertiary/aromatic N) is 2. The molecule has 0 fully saturated rings. The standard InChI is InChI=1S/C20H16Cl2F3N3O2S/c1-28-18(31-11-12-2-4-13(21)5-3-12)16(17(27-28)20(23,24)25)10-30-19(29)26-15-8-6-14(22)7-9-15/h2-9H,10-11H2,1H3,(H,26,29). The topological polar surface area (TPSA) is 56.2 Å². The molecular weight excluding hydrogens is 474 g/mol. The smallest absolute Gasteiger partial charge is 0.435 e. The number of halogens is 5. The summed E-state index contributed by atoms with van der Waals surface area (Å²) >= 11 is 12.8. The van der Waals surface area contributed by atoms with E-state index < -0.39 is 24.6 Å². The number of aromatic nitrogens is 2. The second kappa shape index (κ2) is 9.84. The van der Waals surface area contributed by atoms with Gasteiger partial charge in [-0.3, -0.25) is 10.00 Å². The van der Waals surface area contributed by atoms with E-state index in [2.05, 4.69) is 10.4 Å². The number of ether oxygens (including phenoxy) is 1. The summed E-state index contributed by atoms with van der Waals surface area (Å²) in [6.45, 7) is -0.592. The Hall–Kier alpha value is -2.36. The van der Waals surface area contributed by atoms with Crippen LogP contribution in [-0.2, 0) is 30.3 Å². The Morgan fingerprint density at radius 3 is 2.26 bits per heavy atom. The van der Waals surface area contributed by atoms with Crippen LogP contribution < -0.4 is 5.32 Å². The van der Waals surface area contributed by atoms with E-state index in [1.165, 1.54) is 7.05 Å². The zero-order valence-corrected chi connectivity index (χ0v) is 18.4. The van der Waals surface area contributed by atoms with Gasteiger partial charge in [-0.1, -0.05) is 35.3 Å². The van der Waals surface area contributed by atoms with E-state index in [1.54, 1.807) is 48.5 Å². The zero-order chi connectivity index (χ0) is 22.6. The van der Waals surface area contributed by atoms with Crippen molar-refractivity contribution in [3.05, 3.63) is 75.4 Å². The molecular formula is C20H16Cl2F3N3O2S. The van der Waals surface area contributed by atoms with Gasteiger partial charge in [-0.2, -0.15) is 18.3 Å². The molecule has 0 bridgehead atoms. The molecule has 0 atom stereocenters. The summed E-state index contributed by atoms with van der Waals surface area (Å²) < 4.78 is 46.7. The molecule has 3 rings (SSSR count). The van der Waals surface area contributed by atoms with E-state index in [0.717, 1.165) is 22.0 Å². The molecule has 1 heterocycles. The fourth-order valence-corrected chi connectivity index (χ4v) is 3.95. The number of hydrogen-bond donors (Lipinski definition) is 1. The van der Waals surface area contributed by atoms with Gasteiger partial charge in [-0.15, -0.1) is 11.8 Å². The van der Waals surface area contributed by atoms with Crippen LogP contribution in [0.25, 0.3) is 0 Å². The third-order valence-corrected chi connectivity index (χ3v) is 5.85. The molecule has 0 saturated heterocycles. The normalized spacial score (nSPS) is 11.4. The Balaban J connectivity index is 1.75. The Bertz CT molecular complexity index is 1060.